The second-order valence-electron chi connectivity index (χ2n) is 10.4. The second kappa shape index (κ2) is 5.58. The number of amides is 2. The van der Waals surface area contributed by atoms with Gasteiger partial charge in [-0.15, -0.1) is 0 Å². The molecule has 28 heavy (non-hydrogen) atoms. The van der Waals surface area contributed by atoms with Crippen LogP contribution in [-0.2, 0) is 0 Å². The molecule has 3 aliphatic carbocycles. The van der Waals surface area contributed by atoms with E-state index in [-0.39, 0.29) is 23.1 Å². The fourth-order valence-corrected chi connectivity index (χ4v) is 7.26. The number of carbonyl (C=O) groups is 2. The maximum atomic E-state index is 13.0. The van der Waals surface area contributed by atoms with Crippen LogP contribution in [0.15, 0.2) is 18.3 Å². The van der Waals surface area contributed by atoms with Crippen molar-refractivity contribution in [3.05, 3.63) is 29.7 Å². The molecule has 0 aromatic carbocycles. The molecule has 6 nitrogen and oxygen atoms in total. The fraction of sp³-hybridized carbons (Fsp3) is 0.591. The van der Waals surface area contributed by atoms with Gasteiger partial charge in [0.25, 0.3) is 11.8 Å². The van der Waals surface area contributed by atoms with Gasteiger partial charge in [-0.1, -0.05) is 41.5 Å². The number of nitrogens with zero attached hydrogens (tertiary/aromatic N) is 1. The van der Waals surface area contributed by atoms with Crippen molar-refractivity contribution in [3.63, 3.8) is 0 Å². The zero-order chi connectivity index (χ0) is 20.6. The third-order valence-corrected chi connectivity index (χ3v) is 7.71. The highest BCUT2D eigenvalue weighted by atomic mass is 16.2. The number of aromatic nitrogens is 2. The van der Waals surface area contributed by atoms with E-state index in [0.717, 1.165) is 11.8 Å². The van der Waals surface area contributed by atoms with Crippen LogP contribution in [0, 0.1) is 28.1 Å². The summed E-state index contributed by atoms with van der Waals surface area (Å²) in [5.41, 5.74) is 7.28. The minimum atomic E-state index is -0.581. The molecule has 5 rings (SSSR count). The average molecular weight is 383 g/mol. The third-order valence-electron chi connectivity index (χ3n) is 7.71. The lowest BCUT2D eigenvalue weighted by molar-refractivity contribution is -0.260. The van der Waals surface area contributed by atoms with Crippen molar-refractivity contribution >= 4 is 22.7 Å². The minimum Gasteiger partial charge on any atom is -0.364 e. The Kier molecular flexibility index (Phi) is 3.78. The molecule has 3 aliphatic rings. The number of nitrogens with one attached hydrogen (secondary N) is 2. The first-order valence-electron chi connectivity index (χ1n) is 9.96. The first kappa shape index (κ1) is 19.0. The molecule has 2 heterocycles. The summed E-state index contributed by atoms with van der Waals surface area (Å²) in [6.07, 6.45) is 2.53. The van der Waals surface area contributed by atoms with Crippen LogP contribution in [0.4, 0.5) is 0 Å². The lowest BCUT2D eigenvalue weighted by Crippen LogP contribution is -2.73. The SMILES string of the molecule is CC1(C)C2C[C@H](NC(=O)c3cc4cc(C(N)=O)ncc4[nH]3)C(C)(C)C1C2(C)C. The van der Waals surface area contributed by atoms with E-state index in [0.29, 0.717) is 33.9 Å². The number of nitrogens with two attached hydrogens (primary N) is 1. The van der Waals surface area contributed by atoms with Crippen molar-refractivity contribution < 1.29 is 9.59 Å². The largest absolute Gasteiger partial charge is 0.364 e. The second-order valence-corrected chi connectivity index (χ2v) is 10.4. The molecule has 0 radical (unpaired) electrons. The Morgan fingerprint density at radius 2 is 1.75 bits per heavy atom. The molecule has 0 unspecified atom stereocenters. The summed E-state index contributed by atoms with van der Waals surface area (Å²) in [7, 11) is 0. The summed E-state index contributed by atoms with van der Waals surface area (Å²) < 4.78 is 0. The number of aromatic amines is 1. The Morgan fingerprint density at radius 1 is 1.11 bits per heavy atom. The van der Waals surface area contributed by atoms with Gasteiger partial charge in [0.05, 0.1) is 11.7 Å². The van der Waals surface area contributed by atoms with Gasteiger partial charge in [0.15, 0.2) is 0 Å². The van der Waals surface area contributed by atoms with Crippen LogP contribution >= 0.6 is 0 Å². The highest BCUT2D eigenvalue weighted by Crippen LogP contribution is 2.74. The van der Waals surface area contributed by atoms with E-state index in [4.69, 9.17) is 5.73 Å². The van der Waals surface area contributed by atoms with E-state index in [2.05, 4.69) is 56.8 Å². The van der Waals surface area contributed by atoms with Gasteiger partial charge in [0.1, 0.15) is 11.4 Å². The molecule has 2 aromatic heterocycles. The summed E-state index contributed by atoms with van der Waals surface area (Å²) in [4.78, 5) is 31.4. The molecule has 3 fully saturated rings. The number of pyridine rings is 1. The normalized spacial score (nSPS) is 29.1. The lowest BCUT2D eigenvalue weighted by atomic mass is 9.30. The summed E-state index contributed by atoms with van der Waals surface area (Å²) in [5, 5.41) is 4.03. The lowest BCUT2D eigenvalue weighted by Gasteiger charge is -2.75. The molecule has 3 saturated carbocycles. The Labute approximate surface area is 165 Å². The van der Waals surface area contributed by atoms with Crippen molar-refractivity contribution in [2.45, 2.75) is 54.0 Å². The average Bonchev–Trinajstić information content (AvgIpc) is 2.98. The molecule has 2 amide bonds. The van der Waals surface area contributed by atoms with E-state index in [1.54, 1.807) is 12.1 Å². The summed E-state index contributed by atoms with van der Waals surface area (Å²) in [5.74, 6) is 0.435. The molecule has 0 saturated heterocycles. The Morgan fingerprint density at radius 3 is 2.32 bits per heavy atom. The van der Waals surface area contributed by atoms with E-state index in [9.17, 15) is 9.59 Å². The number of rotatable bonds is 3. The minimum absolute atomic E-state index is 0.00409. The highest BCUT2D eigenvalue weighted by Gasteiger charge is 2.70. The van der Waals surface area contributed by atoms with E-state index >= 15 is 0 Å². The van der Waals surface area contributed by atoms with Gasteiger partial charge in [-0.05, 0) is 46.6 Å². The van der Waals surface area contributed by atoms with Gasteiger partial charge >= 0.3 is 0 Å². The van der Waals surface area contributed by atoms with Crippen molar-refractivity contribution in [2.24, 2.45) is 33.8 Å². The van der Waals surface area contributed by atoms with Crippen LogP contribution in [0.3, 0.4) is 0 Å². The molecule has 4 N–H and O–H groups in total. The van der Waals surface area contributed by atoms with Gasteiger partial charge < -0.3 is 16.0 Å². The molecule has 1 atom stereocenters. The van der Waals surface area contributed by atoms with Crippen LogP contribution in [0.25, 0.3) is 10.9 Å². The summed E-state index contributed by atoms with van der Waals surface area (Å²) in [6.45, 7) is 14.1. The highest BCUT2D eigenvalue weighted by molar-refractivity contribution is 6.00. The van der Waals surface area contributed by atoms with Crippen molar-refractivity contribution in [1.29, 1.82) is 0 Å². The Bertz CT molecular complexity index is 970. The third kappa shape index (κ3) is 2.43. The number of hydrogen-bond acceptors (Lipinski definition) is 3. The zero-order valence-corrected chi connectivity index (χ0v) is 17.5. The summed E-state index contributed by atoms with van der Waals surface area (Å²) >= 11 is 0. The van der Waals surface area contributed by atoms with Crippen molar-refractivity contribution in [3.8, 4) is 0 Å². The van der Waals surface area contributed by atoms with Gasteiger partial charge in [-0.2, -0.15) is 0 Å². The van der Waals surface area contributed by atoms with Crippen LogP contribution in [0.5, 0.6) is 0 Å². The van der Waals surface area contributed by atoms with Gasteiger partial charge in [0, 0.05) is 11.4 Å². The van der Waals surface area contributed by atoms with Gasteiger partial charge in [0.2, 0.25) is 0 Å². The number of primary amides is 1. The number of fused-ring (bicyclic) bond motifs is 3. The van der Waals surface area contributed by atoms with Crippen LogP contribution in [-0.4, -0.2) is 27.8 Å². The first-order chi connectivity index (χ1) is 12.9. The topological polar surface area (TPSA) is 101 Å². The number of hydrogen-bond donors (Lipinski definition) is 3. The fourth-order valence-electron chi connectivity index (χ4n) is 7.26. The van der Waals surface area contributed by atoms with Crippen LogP contribution in [0.2, 0.25) is 0 Å². The monoisotopic (exact) mass is 382 g/mol. The molecule has 150 valence electrons. The predicted molar refractivity (Wildman–Crippen MR) is 109 cm³/mol. The molecular weight excluding hydrogens is 352 g/mol. The first-order valence-corrected chi connectivity index (χ1v) is 9.96. The molecule has 0 aliphatic heterocycles. The molecule has 2 bridgehead atoms. The van der Waals surface area contributed by atoms with Crippen LogP contribution < -0.4 is 11.1 Å². The number of H-pyrrole nitrogens is 1. The van der Waals surface area contributed by atoms with E-state index < -0.39 is 5.91 Å². The van der Waals surface area contributed by atoms with E-state index in [1.165, 1.54) is 6.20 Å². The molecule has 0 spiro atoms. The molecular formula is C22H30N4O2. The summed E-state index contributed by atoms with van der Waals surface area (Å²) in [6, 6.07) is 3.49. The van der Waals surface area contributed by atoms with Crippen LogP contribution in [0.1, 0.15) is 68.9 Å². The zero-order valence-electron chi connectivity index (χ0n) is 17.5. The maximum absolute atomic E-state index is 13.0. The standard InChI is InChI=1S/C22H30N4O2/c1-20(2)15-9-16(22(5,6)19(20)21(15,3)4)26-18(28)13-8-11-7-12(17(23)27)24-10-14(11)25-13/h7-8,10,15-16,19,25H,9H2,1-6H3,(H2,23,27)(H,26,28)/t15?,16-,19?/m0/s1. The van der Waals surface area contributed by atoms with Crippen molar-refractivity contribution in [2.75, 3.05) is 0 Å². The molecule has 6 heteroatoms. The Hall–Kier alpha value is -2.37. The van der Waals surface area contributed by atoms with E-state index in [1.807, 2.05) is 0 Å². The van der Waals surface area contributed by atoms with Crippen molar-refractivity contribution in [1.82, 2.24) is 15.3 Å². The smallest absolute Gasteiger partial charge is 0.267 e. The van der Waals surface area contributed by atoms with Gasteiger partial charge in [-0.3, -0.25) is 9.59 Å². The Balaban J connectivity index is 1.58. The maximum Gasteiger partial charge on any atom is 0.267 e. The van der Waals surface area contributed by atoms with Gasteiger partial charge in [-0.25, -0.2) is 4.98 Å². The number of carbonyl (C=O) groups excluding carboxylic acids is 2. The predicted octanol–water partition coefficient (Wildman–Crippen LogP) is 3.49. The quantitative estimate of drug-likeness (QED) is 0.757. The molecule has 2 aromatic rings.